The van der Waals surface area contributed by atoms with Crippen LogP contribution in [0.25, 0.3) is 0 Å². The van der Waals surface area contributed by atoms with Crippen molar-refractivity contribution >= 4 is 28.1 Å². The van der Waals surface area contributed by atoms with E-state index >= 15 is 0 Å². The molecule has 4 nitrogen and oxygen atoms in total. The van der Waals surface area contributed by atoms with Gasteiger partial charge in [0, 0.05) is 11.1 Å². The monoisotopic (exact) mass is 414 g/mol. The SMILES string of the molecule is CCOC(=O)c1cc(C#C[Si](C)(C)C)c(C(=O)OCC)cc1C#C[Si](C)(C)C. The van der Waals surface area contributed by atoms with Crippen molar-refractivity contribution in [3.8, 4) is 22.9 Å². The molecule has 0 fully saturated rings. The highest BCUT2D eigenvalue weighted by Gasteiger charge is 2.20. The van der Waals surface area contributed by atoms with Crippen LogP contribution in [0.5, 0.6) is 0 Å². The normalized spacial score (nSPS) is 10.9. The van der Waals surface area contributed by atoms with Crippen molar-refractivity contribution in [3.63, 3.8) is 0 Å². The number of hydrogen-bond acceptors (Lipinski definition) is 4. The van der Waals surface area contributed by atoms with Gasteiger partial charge in [0.2, 0.25) is 0 Å². The van der Waals surface area contributed by atoms with Gasteiger partial charge in [-0.2, -0.15) is 0 Å². The molecule has 0 aromatic heterocycles. The van der Waals surface area contributed by atoms with Crippen molar-refractivity contribution in [2.24, 2.45) is 0 Å². The molecule has 1 rings (SSSR count). The van der Waals surface area contributed by atoms with E-state index in [1.54, 1.807) is 26.0 Å². The molecule has 0 aliphatic heterocycles. The second-order valence-corrected chi connectivity index (χ2v) is 17.9. The molecule has 0 heterocycles. The number of carbonyl (C=O) groups is 2. The standard InChI is InChI=1S/C22H30O4Si2/c1-9-25-21(23)19-15-18(12-14-28(6,7)8)20(22(24)26-10-2)16-17(19)11-13-27(3,4)5/h15-16H,9-10H2,1-8H3. The van der Waals surface area contributed by atoms with Crippen LogP contribution in [-0.2, 0) is 9.47 Å². The molecule has 6 heteroatoms. The first kappa shape index (κ1) is 23.8. The van der Waals surface area contributed by atoms with Crippen molar-refractivity contribution < 1.29 is 19.1 Å². The van der Waals surface area contributed by atoms with Gasteiger partial charge in [0.15, 0.2) is 0 Å². The zero-order chi connectivity index (χ0) is 21.5. The van der Waals surface area contributed by atoms with Crippen LogP contribution in [0.3, 0.4) is 0 Å². The Balaban J connectivity index is 3.75. The number of benzene rings is 1. The smallest absolute Gasteiger partial charge is 0.339 e. The lowest BCUT2D eigenvalue weighted by atomic mass is 9.98. The van der Waals surface area contributed by atoms with E-state index in [2.05, 4.69) is 62.2 Å². The van der Waals surface area contributed by atoms with Gasteiger partial charge in [-0.15, -0.1) is 11.1 Å². The molecule has 0 atom stereocenters. The number of rotatable bonds is 4. The van der Waals surface area contributed by atoms with Crippen LogP contribution in [0, 0.1) is 22.9 Å². The number of hydrogen-bond donors (Lipinski definition) is 0. The van der Waals surface area contributed by atoms with E-state index in [1.165, 1.54) is 0 Å². The first-order chi connectivity index (χ1) is 12.9. The van der Waals surface area contributed by atoms with Gasteiger partial charge in [-0.25, -0.2) is 9.59 Å². The third kappa shape index (κ3) is 7.76. The van der Waals surface area contributed by atoms with Crippen LogP contribution >= 0.6 is 0 Å². The maximum atomic E-state index is 12.5. The van der Waals surface area contributed by atoms with Crippen molar-refractivity contribution in [1.82, 2.24) is 0 Å². The van der Waals surface area contributed by atoms with Crippen LogP contribution in [-0.4, -0.2) is 41.3 Å². The minimum atomic E-state index is -1.68. The molecule has 0 bridgehead atoms. The molecule has 0 radical (unpaired) electrons. The maximum Gasteiger partial charge on any atom is 0.339 e. The summed E-state index contributed by atoms with van der Waals surface area (Å²) in [4.78, 5) is 25.0. The summed E-state index contributed by atoms with van der Waals surface area (Å²) in [6.07, 6.45) is 0. The van der Waals surface area contributed by atoms with E-state index < -0.39 is 28.1 Å². The fourth-order valence-electron chi connectivity index (χ4n) is 2.07. The van der Waals surface area contributed by atoms with Gasteiger partial charge in [0.25, 0.3) is 0 Å². The highest BCUT2D eigenvalue weighted by atomic mass is 28.3. The molecular weight excluding hydrogens is 384 g/mol. The Hall–Kier alpha value is -2.29. The van der Waals surface area contributed by atoms with Gasteiger partial charge in [-0.05, 0) is 26.0 Å². The second-order valence-electron chi connectivity index (χ2n) is 8.38. The molecule has 0 N–H and O–H groups in total. The van der Waals surface area contributed by atoms with Crippen LogP contribution in [0.4, 0.5) is 0 Å². The summed E-state index contributed by atoms with van der Waals surface area (Å²) in [6.45, 7) is 16.7. The predicted molar refractivity (Wildman–Crippen MR) is 119 cm³/mol. The van der Waals surface area contributed by atoms with Crippen molar-refractivity contribution in [2.75, 3.05) is 13.2 Å². The first-order valence-electron chi connectivity index (χ1n) is 9.46. The van der Waals surface area contributed by atoms with Gasteiger partial charge in [-0.1, -0.05) is 51.1 Å². The Morgan fingerprint density at radius 2 is 1.07 bits per heavy atom. The molecule has 0 saturated carbocycles. The zero-order valence-corrected chi connectivity index (χ0v) is 20.2. The van der Waals surface area contributed by atoms with Crippen LogP contribution < -0.4 is 0 Å². The summed E-state index contributed by atoms with van der Waals surface area (Å²) in [7, 11) is -3.36. The topological polar surface area (TPSA) is 52.6 Å². The minimum Gasteiger partial charge on any atom is -0.462 e. The quantitative estimate of drug-likeness (QED) is 0.414. The molecule has 0 spiro atoms. The molecule has 1 aromatic rings. The molecule has 28 heavy (non-hydrogen) atoms. The van der Waals surface area contributed by atoms with Gasteiger partial charge >= 0.3 is 11.9 Å². The summed E-state index contributed by atoms with van der Waals surface area (Å²) < 4.78 is 10.4. The van der Waals surface area contributed by atoms with Gasteiger partial charge in [0.05, 0.1) is 24.3 Å². The van der Waals surface area contributed by atoms with Gasteiger partial charge < -0.3 is 9.47 Å². The highest BCUT2D eigenvalue weighted by Crippen LogP contribution is 2.20. The van der Waals surface area contributed by atoms with E-state index in [0.29, 0.717) is 22.3 Å². The molecule has 0 aliphatic rings. The Morgan fingerprint density at radius 1 is 0.750 bits per heavy atom. The Bertz CT molecular complexity index is 793. The fourth-order valence-corrected chi connectivity index (χ4v) is 3.09. The van der Waals surface area contributed by atoms with Crippen molar-refractivity contribution in [3.05, 3.63) is 34.4 Å². The Kier molecular flexibility index (Phi) is 8.29. The summed E-state index contributed by atoms with van der Waals surface area (Å²) in [5.74, 6) is 5.26. The zero-order valence-electron chi connectivity index (χ0n) is 18.2. The fraction of sp³-hybridized carbons (Fsp3) is 0.455. The number of carbonyl (C=O) groups excluding carboxylic acids is 2. The first-order valence-corrected chi connectivity index (χ1v) is 16.5. The minimum absolute atomic E-state index is 0.259. The van der Waals surface area contributed by atoms with Crippen molar-refractivity contribution in [2.45, 2.75) is 53.1 Å². The average molecular weight is 415 g/mol. The highest BCUT2D eigenvalue weighted by molar-refractivity contribution is 6.84. The summed E-state index contributed by atoms with van der Waals surface area (Å²) in [5, 5.41) is 0. The van der Waals surface area contributed by atoms with Gasteiger partial charge in [-0.3, -0.25) is 0 Å². The molecular formula is C22H30O4Si2. The molecule has 0 aliphatic carbocycles. The summed E-state index contributed by atoms with van der Waals surface area (Å²) in [5.41, 5.74) is 8.12. The number of esters is 2. The van der Waals surface area contributed by atoms with E-state index in [1.807, 2.05) is 0 Å². The Labute approximate surface area is 171 Å². The molecule has 0 saturated heterocycles. The van der Waals surface area contributed by atoms with E-state index in [0.717, 1.165) is 0 Å². The molecule has 0 unspecified atom stereocenters. The molecule has 0 amide bonds. The van der Waals surface area contributed by atoms with E-state index in [-0.39, 0.29) is 13.2 Å². The van der Waals surface area contributed by atoms with Crippen LogP contribution in [0.15, 0.2) is 12.1 Å². The third-order valence-electron chi connectivity index (χ3n) is 3.29. The van der Waals surface area contributed by atoms with Gasteiger partial charge in [0.1, 0.15) is 16.1 Å². The lowest BCUT2D eigenvalue weighted by Gasteiger charge is -2.11. The molecule has 1 aromatic carbocycles. The third-order valence-corrected chi connectivity index (χ3v) is 5.04. The second kappa shape index (κ2) is 9.77. The lowest BCUT2D eigenvalue weighted by Crippen LogP contribution is -2.18. The van der Waals surface area contributed by atoms with E-state index in [9.17, 15) is 9.59 Å². The average Bonchev–Trinajstić information content (AvgIpc) is 2.56. The van der Waals surface area contributed by atoms with Crippen LogP contribution in [0.2, 0.25) is 39.3 Å². The largest absolute Gasteiger partial charge is 0.462 e. The summed E-state index contributed by atoms with van der Waals surface area (Å²) >= 11 is 0. The lowest BCUT2D eigenvalue weighted by molar-refractivity contribution is 0.0511. The van der Waals surface area contributed by atoms with Crippen LogP contribution in [0.1, 0.15) is 45.7 Å². The molecule has 150 valence electrons. The maximum absolute atomic E-state index is 12.5. The Morgan fingerprint density at radius 3 is 1.32 bits per heavy atom. The van der Waals surface area contributed by atoms with Crippen molar-refractivity contribution in [1.29, 1.82) is 0 Å². The van der Waals surface area contributed by atoms with E-state index in [4.69, 9.17) is 9.47 Å². The number of ether oxygens (including phenoxy) is 2. The summed E-state index contributed by atoms with van der Waals surface area (Å²) in [6, 6.07) is 3.23. The predicted octanol–water partition coefficient (Wildman–Crippen LogP) is 4.50.